The summed E-state index contributed by atoms with van der Waals surface area (Å²) in [5.74, 6) is -0.868. The van der Waals surface area contributed by atoms with Crippen LogP contribution in [0.2, 0.25) is 0 Å². The Morgan fingerprint density at radius 3 is 2.48 bits per heavy atom. The molecule has 0 bridgehead atoms. The summed E-state index contributed by atoms with van der Waals surface area (Å²) < 4.78 is 51.2. The van der Waals surface area contributed by atoms with Crippen LogP contribution >= 0.6 is 31.9 Å². The molecule has 2 rings (SSSR count). The topological polar surface area (TPSA) is 118 Å². The van der Waals surface area contributed by atoms with Gasteiger partial charge in [-0.15, -0.1) is 0 Å². The number of aliphatic hydroxyl groups is 1. The fraction of sp³-hybridized carbons (Fsp3) is 0.500. The Bertz CT molecular complexity index is 798. The minimum Gasteiger partial charge on any atom is -0.390 e. The lowest BCUT2D eigenvalue weighted by molar-refractivity contribution is 0.129. The molecule has 1 aliphatic heterocycles. The molecule has 7 nitrogen and oxygen atoms in total. The number of rotatable bonds is 5. The van der Waals surface area contributed by atoms with Gasteiger partial charge in [-0.3, -0.25) is 0 Å². The van der Waals surface area contributed by atoms with Crippen LogP contribution in [-0.2, 0) is 19.9 Å². The molecule has 1 saturated heterocycles. The summed E-state index contributed by atoms with van der Waals surface area (Å²) in [7, 11) is -7.52. The molecule has 0 amide bonds. The van der Waals surface area contributed by atoms with Crippen molar-refractivity contribution < 1.29 is 21.9 Å². The van der Waals surface area contributed by atoms with Crippen molar-refractivity contribution >= 4 is 51.7 Å². The predicted molar refractivity (Wildman–Crippen MR) is 93.2 cm³/mol. The van der Waals surface area contributed by atoms with Crippen LogP contribution in [0, 0.1) is 0 Å². The normalized spacial score (nSPS) is 24.2. The van der Waals surface area contributed by atoms with Gasteiger partial charge >= 0.3 is 0 Å². The highest BCUT2D eigenvalue weighted by atomic mass is 79.9. The summed E-state index contributed by atoms with van der Waals surface area (Å²) in [5.41, 5.74) is 5.49. The minimum absolute atomic E-state index is 0.00806. The molecule has 0 aromatic heterocycles. The lowest BCUT2D eigenvalue weighted by Crippen LogP contribution is -2.48. The number of hydrogen-bond donors (Lipinski definition) is 2. The number of benzene rings is 1. The smallest absolute Gasteiger partial charge is 0.244 e. The summed E-state index contributed by atoms with van der Waals surface area (Å²) >= 11 is 6.41. The van der Waals surface area contributed by atoms with E-state index in [0.717, 1.165) is 4.31 Å². The average molecular weight is 492 g/mol. The van der Waals surface area contributed by atoms with Crippen LogP contribution in [0.4, 0.5) is 0 Å². The zero-order valence-electron chi connectivity index (χ0n) is 11.9. The third-order valence-corrected chi connectivity index (χ3v) is 8.60. The van der Waals surface area contributed by atoms with E-state index in [-0.39, 0.29) is 18.0 Å². The minimum atomic E-state index is -4.03. The first-order valence-corrected chi connectivity index (χ1v) is 11.5. The zero-order chi connectivity index (χ0) is 17.4. The van der Waals surface area contributed by atoms with Gasteiger partial charge in [0, 0.05) is 22.0 Å². The van der Waals surface area contributed by atoms with Gasteiger partial charge in [-0.2, -0.15) is 4.31 Å². The fourth-order valence-corrected chi connectivity index (χ4v) is 7.51. The number of halogens is 2. The van der Waals surface area contributed by atoms with Gasteiger partial charge in [0.1, 0.15) is 0 Å². The number of nitrogens with two attached hydrogens (primary N) is 1. The molecule has 0 unspecified atom stereocenters. The Morgan fingerprint density at radius 1 is 1.30 bits per heavy atom. The molecule has 1 fully saturated rings. The van der Waals surface area contributed by atoms with Crippen LogP contribution in [0.25, 0.3) is 0 Å². The van der Waals surface area contributed by atoms with Crippen molar-refractivity contribution in [1.82, 2.24) is 4.31 Å². The molecule has 0 radical (unpaired) electrons. The summed E-state index contributed by atoms with van der Waals surface area (Å²) in [6, 6.07) is 3.61. The van der Waals surface area contributed by atoms with Gasteiger partial charge < -0.3 is 10.8 Å². The molecule has 2 atom stereocenters. The molecule has 1 aromatic carbocycles. The largest absolute Gasteiger partial charge is 0.390 e. The maximum Gasteiger partial charge on any atom is 0.244 e. The summed E-state index contributed by atoms with van der Waals surface area (Å²) in [6.45, 7) is -0.0767. The molecule has 130 valence electrons. The fourth-order valence-electron chi connectivity index (χ4n) is 2.48. The van der Waals surface area contributed by atoms with E-state index in [4.69, 9.17) is 5.73 Å². The molecular weight excluding hydrogens is 476 g/mol. The highest BCUT2D eigenvalue weighted by molar-refractivity contribution is 9.11. The molecule has 23 heavy (non-hydrogen) atoms. The van der Waals surface area contributed by atoms with Gasteiger partial charge in [-0.25, -0.2) is 16.8 Å². The average Bonchev–Trinajstić information content (AvgIpc) is 2.71. The van der Waals surface area contributed by atoms with Crippen molar-refractivity contribution in [2.24, 2.45) is 5.73 Å². The second-order valence-corrected chi connectivity index (χ2v) is 11.0. The summed E-state index contributed by atoms with van der Waals surface area (Å²) in [5, 5.41) is 10.0. The van der Waals surface area contributed by atoms with Crippen LogP contribution in [-0.4, -0.2) is 63.0 Å². The summed E-state index contributed by atoms with van der Waals surface area (Å²) in [4.78, 5) is -0.0168. The van der Waals surface area contributed by atoms with Crippen molar-refractivity contribution in [1.29, 1.82) is 0 Å². The first-order chi connectivity index (χ1) is 10.6. The second-order valence-electron chi connectivity index (χ2n) is 5.19. The van der Waals surface area contributed by atoms with Gasteiger partial charge in [-0.1, -0.05) is 15.9 Å². The van der Waals surface area contributed by atoms with Crippen LogP contribution < -0.4 is 5.73 Å². The van der Waals surface area contributed by atoms with E-state index in [9.17, 15) is 21.9 Å². The number of aliphatic hydroxyl groups excluding tert-OH is 1. The molecule has 3 N–H and O–H groups in total. The Labute approximate surface area is 152 Å². The number of hydrogen-bond acceptors (Lipinski definition) is 6. The van der Waals surface area contributed by atoms with E-state index in [0.29, 0.717) is 8.95 Å². The quantitative estimate of drug-likeness (QED) is 0.612. The number of sulfone groups is 1. The third kappa shape index (κ3) is 4.14. The SMILES string of the molecule is NCCN([C@H]1CS(=O)(=O)C[C@@H]1O)S(=O)(=O)c1cc(Br)ccc1Br. The standard InChI is InChI=1S/C12H16Br2N2O5S2/c13-8-1-2-9(14)12(5-8)23(20,21)16(4-3-15)10-6-22(18,19)7-11(10)17/h1-2,5,10-11,17H,3-4,6-7,15H2/t10-,11-/m0/s1. The molecule has 1 aromatic rings. The molecule has 11 heteroatoms. The second kappa shape index (κ2) is 7.06. The Morgan fingerprint density at radius 2 is 1.96 bits per heavy atom. The van der Waals surface area contributed by atoms with E-state index >= 15 is 0 Å². The molecule has 0 spiro atoms. The van der Waals surface area contributed by atoms with Crippen molar-refractivity contribution in [3.63, 3.8) is 0 Å². The molecule has 0 saturated carbocycles. The van der Waals surface area contributed by atoms with Crippen LogP contribution in [0.3, 0.4) is 0 Å². The van der Waals surface area contributed by atoms with E-state index in [1.165, 1.54) is 6.07 Å². The molecule has 1 heterocycles. The van der Waals surface area contributed by atoms with Gasteiger partial charge in [0.05, 0.1) is 28.5 Å². The first kappa shape index (κ1) is 19.3. The Balaban J connectivity index is 2.50. The lowest BCUT2D eigenvalue weighted by Gasteiger charge is -2.29. The van der Waals surface area contributed by atoms with Crippen molar-refractivity contribution in [2.45, 2.75) is 17.0 Å². The van der Waals surface area contributed by atoms with Gasteiger partial charge in [0.2, 0.25) is 10.0 Å². The number of sulfonamides is 1. The van der Waals surface area contributed by atoms with Crippen LogP contribution in [0.15, 0.2) is 32.0 Å². The molecular formula is C12H16Br2N2O5S2. The Kier molecular flexibility index (Phi) is 5.92. The highest BCUT2D eigenvalue weighted by Crippen LogP contribution is 2.31. The third-order valence-electron chi connectivity index (χ3n) is 3.49. The number of nitrogens with zero attached hydrogens (tertiary/aromatic N) is 1. The van der Waals surface area contributed by atoms with Gasteiger partial charge in [0.25, 0.3) is 0 Å². The predicted octanol–water partition coefficient (Wildman–Crippen LogP) is 0.319. The zero-order valence-corrected chi connectivity index (χ0v) is 16.7. The van der Waals surface area contributed by atoms with Crippen molar-refractivity contribution in [2.75, 3.05) is 24.6 Å². The maximum absolute atomic E-state index is 13.0. The molecule has 1 aliphatic rings. The first-order valence-electron chi connectivity index (χ1n) is 6.64. The maximum atomic E-state index is 13.0. The van der Waals surface area contributed by atoms with Gasteiger partial charge in [-0.05, 0) is 34.1 Å². The van der Waals surface area contributed by atoms with E-state index in [2.05, 4.69) is 31.9 Å². The van der Waals surface area contributed by atoms with Crippen LogP contribution in [0.1, 0.15) is 0 Å². The van der Waals surface area contributed by atoms with E-state index in [1.807, 2.05) is 0 Å². The van der Waals surface area contributed by atoms with E-state index in [1.54, 1.807) is 12.1 Å². The van der Waals surface area contributed by atoms with Gasteiger partial charge in [0.15, 0.2) is 9.84 Å². The molecule has 0 aliphatic carbocycles. The van der Waals surface area contributed by atoms with E-state index < -0.39 is 43.5 Å². The van der Waals surface area contributed by atoms with Crippen molar-refractivity contribution in [3.05, 3.63) is 27.1 Å². The highest BCUT2D eigenvalue weighted by Gasteiger charge is 2.44. The lowest BCUT2D eigenvalue weighted by atomic mass is 10.2. The van der Waals surface area contributed by atoms with Crippen molar-refractivity contribution in [3.8, 4) is 0 Å². The summed E-state index contributed by atoms with van der Waals surface area (Å²) in [6.07, 6.45) is -1.27. The monoisotopic (exact) mass is 490 g/mol. The Hall–Kier alpha value is -0.0400. The van der Waals surface area contributed by atoms with Crippen LogP contribution in [0.5, 0.6) is 0 Å².